The van der Waals surface area contributed by atoms with Gasteiger partial charge in [-0.05, 0) is 36.4 Å². The van der Waals surface area contributed by atoms with E-state index in [0.717, 1.165) is 16.2 Å². The molecule has 0 saturated heterocycles. The maximum absolute atomic E-state index is 12.3. The Morgan fingerprint density at radius 2 is 1.90 bits per heavy atom. The van der Waals surface area contributed by atoms with E-state index in [1.54, 1.807) is 37.4 Å². The standard InChI is InChI=1S/C20H18ClN3O4S2/c1-27-14-8-6-13(7-9-14)22-19(26)20-24-23-17(30-20)12-28-18(25)10-11-29-16-5-3-2-4-15(16)21/h2-9H,10-12H2,1H3,(H,22,26). The summed E-state index contributed by atoms with van der Waals surface area (Å²) in [6, 6.07) is 14.4. The number of anilines is 1. The molecular weight excluding hydrogens is 446 g/mol. The van der Waals surface area contributed by atoms with Crippen LogP contribution in [0.5, 0.6) is 5.75 Å². The Hall–Kier alpha value is -2.62. The van der Waals surface area contributed by atoms with Gasteiger partial charge in [-0.2, -0.15) is 0 Å². The highest BCUT2D eigenvalue weighted by Crippen LogP contribution is 2.27. The zero-order valence-corrected chi connectivity index (χ0v) is 18.4. The van der Waals surface area contributed by atoms with Gasteiger partial charge in [0.2, 0.25) is 5.01 Å². The molecule has 3 aromatic rings. The van der Waals surface area contributed by atoms with E-state index in [2.05, 4.69) is 15.5 Å². The summed E-state index contributed by atoms with van der Waals surface area (Å²) in [7, 11) is 1.57. The number of hydrogen-bond acceptors (Lipinski definition) is 8. The maximum atomic E-state index is 12.3. The van der Waals surface area contributed by atoms with E-state index < -0.39 is 0 Å². The van der Waals surface area contributed by atoms with Gasteiger partial charge < -0.3 is 14.8 Å². The number of amides is 1. The lowest BCUT2D eigenvalue weighted by Gasteiger charge is -2.04. The fourth-order valence-electron chi connectivity index (χ4n) is 2.28. The van der Waals surface area contributed by atoms with Crippen LogP contribution in [0.3, 0.4) is 0 Å². The van der Waals surface area contributed by atoms with Gasteiger partial charge in [0, 0.05) is 16.3 Å². The summed E-state index contributed by atoms with van der Waals surface area (Å²) in [5, 5.41) is 11.8. The number of aromatic nitrogens is 2. The third-order valence-corrected chi connectivity index (χ3v) is 6.18. The molecule has 1 heterocycles. The van der Waals surface area contributed by atoms with Gasteiger partial charge in [-0.25, -0.2) is 0 Å². The van der Waals surface area contributed by atoms with Crippen LogP contribution in [0.2, 0.25) is 5.02 Å². The van der Waals surface area contributed by atoms with Crippen molar-refractivity contribution in [2.24, 2.45) is 0 Å². The molecule has 0 atom stereocenters. The van der Waals surface area contributed by atoms with Crippen molar-refractivity contribution in [2.45, 2.75) is 17.9 Å². The van der Waals surface area contributed by atoms with E-state index >= 15 is 0 Å². The van der Waals surface area contributed by atoms with Crippen molar-refractivity contribution in [1.82, 2.24) is 10.2 Å². The highest BCUT2D eigenvalue weighted by molar-refractivity contribution is 7.99. The second-order valence-electron chi connectivity index (χ2n) is 5.87. The molecule has 1 N–H and O–H groups in total. The van der Waals surface area contributed by atoms with Crippen molar-refractivity contribution < 1.29 is 19.1 Å². The molecule has 0 aliphatic heterocycles. The lowest BCUT2D eigenvalue weighted by atomic mass is 10.3. The van der Waals surface area contributed by atoms with Crippen LogP contribution < -0.4 is 10.1 Å². The minimum absolute atomic E-state index is 0.0247. The molecule has 0 unspecified atom stereocenters. The molecule has 1 aromatic heterocycles. The van der Waals surface area contributed by atoms with Crippen LogP contribution in [0, 0.1) is 0 Å². The van der Waals surface area contributed by atoms with Crippen LogP contribution in [0.4, 0.5) is 5.69 Å². The molecule has 0 saturated carbocycles. The number of methoxy groups -OCH3 is 1. The quantitative estimate of drug-likeness (QED) is 0.364. The van der Waals surface area contributed by atoms with Crippen molar-refractivity contribution in [3.05, 3.63) is 63.6 Å². The summed E-state index contributed by atoms with van der Waals surface area (Å²) in [4.78, 5) is 25.1. The lowest BCUT2D eigenvalue weighted by molar-refractivity contribution is -0.144. The monoisotopic (exact) mass is 463 g/mol. The van der Waals surface area contributed by atoms with Crippen molar-refractivity contribution in [1.29, 1.82) is 0 Å². The molecule has 1 amide bonds. The molecule has 3 rings (SSSR count). The summed E-state index contributed by atoms with van der Waals surface area (Å²) in [6.45, 7) is -0.0247. The number of thioether (sulfide) groups is 1. The number of nitrogens with zero attached hydrogens (tertiary/aromatic N) is 2. The van der Waals surface area contributed by atoms with E-state index in [1.807, 2.05) is 18.2 Å². The first-order chi connectivity index (χ1) is 14.5. The highest BCUT2D eigenvalue weighted by Gasteiger charge is 2.14. The summed E-state index contributed by atoms with van der Waals surface area (Å²) >= 11 is 8.65. The number of benzene rings is 2. The number of carbonyl (C=O) groups is 2. The molecule has 30 heavy (non-hydrogen) atoms. The summed E-state index contributed by atoms with van der Waals surface area (Å²) in [6.07, 6.45) is 0.236. The van der Waals surface area contributed by atoms with Crippen molar-refractivity contribution >= 4 is 52.3 Å². The van der Waals surface area contributed by atoms with E-state index in [4.69, 9.17) is 21.1 Å². The zero-order valence-electron chi connectivity index (χ0n) is 16.0. The van der Waals surface area contributed by atoms with Crippen molar-refractivity contribution in [2.75, 3.05) is 18.2 Å². The number of nitrogens with one attached hydrogen (secondary N) is 1. The average molecular weight is 464 g/mol. The number of carbonyl (C=O) groups excluding carboxylic acids is 2. The van der Waals surface area contributed by atoms with Crippen molar-refractivity contribution in [3.63, 3.8) is 0 Å². The number of halogens is 1. The molecule has 0 spiro atoms. The molecular formula is C20H18ClN3O4S2. The highest BCUT2D eigenvalue weighted by atomic mass is 35.5. The second-order valence-corrected chi connectivity index (χ2v) is 8.48. The van der Waals surface area contributed by atoms with Gasteiger partial charge in [-0.3, -0.25) is 9.59 Å². The topological polar surface area (TPSA) is 90.4 Å². The predicted molar refractivity (Wildman–Crippen MR) is 117 cm³/mol. The third kappa shape index (κ3) is 6.45. The smallest absolute Gasteiger partial charge is 0.307 e. The van der Waals surface area contributed by atoms with Gasteiger partial charge in [0.05, 0.1) is 18.6 Å². The van der Waals surface area contributed by atoms with Crippen molar-refractivity contribution in [3.8, 4) is 5.75 Å². The molecule has 0 aliphatic rings. The Morgan fingerprint density at radius 1 is 1.13 bits per heavy atom. The second kappa shape index (κ2) is 11.0. The van der Waals surface area contributed by atoms with Crippen LogP contribution in [0.25, 0.3) is 0 Å². The minimum Gasteiger partial charge on any atom is -0.497 e. The molecule has 0 fully saturated rings. The van der Waals surface area contributed by atoms with Gasteiger partial charge in [-0.1, -0.05) is 35.1 Å². The number of rotatable bonds is 9. The van der Waals surface area contributed by atoms with Gasteiger partial charge >= 0.3 is 5.97 Å². The third-order valence-electron chi connectivity index (χ3n) is 3.77. The van der Waals surface area contributed by atoms with Gasteiger partial charge in [-0.15, -0.1) is 22.0 Å². The largest absolute Gasteiger partial charge is 0.497 e. The van der Waals surface area contributed by atoms with Gasteiger partial charge in [0.25, 0.3) is 5.91 Å². The van der Waals surface area contributed by atoms with E-state index in [0.29, 0.717) is 27.2 Å². The summed E-state index contributed by atoms with van der Waals surface area (Å²) in [5.41, 5.74) is 0.611. The van der Waals surface area contributed by atoms with Crippen LogP contribution in [-0.4, -0.2) is 34.9 Å². The normalized spacial score (nSPS) is 10.5. The Kier molecular flexibility index (Phi) is 8.06. The minimum atomic E-state index is -0.383. The number of esters is 1. The van der Waals surface area contributed by atoms with E-state index in [-0.39, 0.29) is 29.9 Å². The molecule has 0 bridgehead atoms. The van der Waals surface area contributed by atoms with Crippen LogP contribution in [0.15, 0.2) is 53.4 Å². The molecule has 10 heteroatoms. The average Bonchev–Trinajstić information content (AvgIpc) is 3.23. The van der Waals surface area contributed by atoms with Crippen LogP contribution in [0.1, 0.15) is 21.2 Å². The first-order valence-corrected chi connectivity index (χ1v) is 11.0. The zero-order chi connectivity index (χ0) is 21.3. The van der Waals surface area contributed by atoms with Crippen LogP contribution >= 0.6 is 34.7 Å². The van der Waals surface area contributed by atoms with Crippen LogP contribution in [-0.2, 0) is 16.1 Å². The first-order valence-electron chi connectivity index (χ1n) is 8.86. The predicted octanol–water partition coefficient (Wildman–Crippen LogP) is 4.68. The molecule has 156 valence electrons. The Morgan fingerprint density at radius 3 is 2.63 bits per heavy atom. The first kappa shape index (κ1) is 22.1. The SMILES string of the molecule is COc1ccc(NC(=O)c2nnc(COC(=O)CCSc3ccccc3Cl)s2)cc1. The molecule has 2 aromatic carbocycles. The lowest BCUT2D eigenvalue weighted by Crippen LogP contribution is -2.11. The fourth-order valence-corrected chi connectivity index (χ4v) is 4.10. The Balaban J connectivity index is 1.42. The Labute approximate surface area is 186 Å². The Bertz CT molecular complexity index is 1010. The van der Waals surface area contributed by atoms with E-state index in [1.165, 1.54) is 11.8 Å². The van der Waals surface area contributed by atoms with Gasteiger partial charge in [0.15, 0.2) is 5.01 Å². The summed E-state index contributed by atoms with van der Waals surface area (Å²) in [5.74, 6) is 0.507. The molecule has 0 radical (unpaired) electrons. The molecule has 7 nitrogen and oxygen atoms in total. The van der Waals surface area contributed by atoms with E-state index in [9.17, 15) is 9.59 Å². The maximum Gasteiger partial charge on any atom is 0.307 e. The number of hydrogen-bond donors (Lipinski definition) is 1. The number of ether oxygens (including phenoxy) is 2. The summed E-state index contributed by atoms with van der Waals surface area (Å²) < 4.78 is 10.3. The van der Waals surface area contributed by atoms with Gasteiger partial charge in [0.1, 0.15) is 12.4 Å². The fraction of sp³-hybridized carbons (Fsp3) is 0.200. The molecule has 0 aliphatic carbocycles.